The number of carboxylic acid groups (broad SMARTS) is 1. The van der Waals surface area contributed by atoms with Crippen LogP contribution in [0.1, 0.15) is 129 Å². The minimum absolute atomic E-state index is 0.0518. The molecular weight excluding hydrogens is 696 g/mol. The first-order valence-corrected chi connectivity index (χ1v) is 20.9. The SMILES string of the molecule is CCC(=O)COCCOCCNC(=O)COCCOCCNC(=O)CN1CCN(C(=O)CCCCCCCCCCCCCCCCCCC(=O)O)CC1. The third-order valence-electron chi connectivity index (χ3n) is 9.40. The minimum Gasteiger partial charge on any atom is -0.481 e. The molecule has 1 rings (SSSR count). The van der Waals surface area contributed by atoms with Crippen LogP contribution in [-0.4, -0.2) is 143 Å². The van der Waals surface area contributed by atoms with E-state index in [4.69, 9.17) is 24.1 Å². The lowest BCUT2D eigenvalue weighted by Gasteiger charge is -2.34. The van der Waals surface area contributed by atoms with Crippen LogP contribution in [0, 0.1) is 0 Å². The van der Waals surface area contributed by atoms with Gasteiger partial charge in [-0.25, -0.2) is 0 Å². The fourth-order valence-electron chi connectivity index (χ4n) is 6.07. The molecule has 0 aliphatic carbocycles. The Balaban J connectivity index is 1.85. The number of ether oxygens (including phenoxy) is 4. The number of aliphatic carboxylic acids is 1. The summed E-state index contributed by atoms with van der Waals surface area (Å²) in [6.07, 6.45) is 20.6. The lowest BCUT2D eigenvalue weighted by atomic mass is 10.0. The predicted molar refractivity (Wildman–Crippen MR) is 208 cm³/mol. The average molecular weight is 771 g/mol. The Hall–Kier alpha value is -2.65. The molecule has 14 nitrogen and oxygen atoms in total. The summed E-state index contributed by atoms with van der Waals surface area (Å²) in [7, 11) is 0. The number of carboxylic acids is 1. The van der Waals surface area contributed by atoms with Crippen LogP contribution in [0.3, 0.4) is 0 Å². The van der Waals surface area contributed by atoms with E-state index in [-0.39, 0.29) is 43.3 Å². The third-order valence-corrected chi connectivity index (χ3v) is 9.40. The van der Waals surface area contributed by atoms with Crippen molar-refractivity contribution in [1.82, 2.24) is 20.4 Å². The monoisotopic (exact) mass is 771 g/mol. The van der Waals surface area contributed by atoms with E-state index in [0.29, 0.717) is 98.1 Å². The van der Waals surface area contributed by atoms with Gasteiger partial charge in [0.2, 0.25) is 17.7 Å². The molecule has 0 spiro atoms. The summed E-state index contributed by atoms with van der Waals surface area (Å²) in [5.41, 5.74) is 0. The van der Waals surface area contributed by atoms with Gasteiger partial charge in [-0.05, 0) is 12.8 Å². The molecule has 3 N–H and O–H groups in total. The Morgan fingerprint density at radius 1 is 0.519 bits per heavy atom. The highest BCUT2D eigenvalue weighted by Gasteiger charge is 2.22. The van der Waals surface area contributed by atoms with Gasteiger partial charge in [0.1, 0.15) is 13.2 Å². The first kappa shape index (κ1) is 49.4. The summed E-state index contributed by atoms with van der Waals surface area (Å²) >= 11 is 0. The van der Waals surface area contributed by atoms with Crippen LogP contribution in [0.2, 0.25) is 0 Å². The highest BCUT2D eigenvalue weighted by molar-refractivity contribution is 5.79. The fourth-order valence-corrected chi connectivity index (χ4v) is 6.07. The first-order chi connectivity index (χ1) is 26.3. The second-order valence-corrected chi connectivity index (χ2v) is 14.1. The summed E-state index contributed by atoms with van der Waals surface area (Å²) in [5, 5.41) is 14.2. The van der Waals surface area contributed by atoms with Gasteiger partial charge in [-0.3, -0.25) is 28.9 Å². The molecule has 0 radical (unpaired) electrons. The lowest BCUT2D eigenvalue weighted by Crippen LogP contribution is -2.51. The van der Waals surface area contributed by atoms with Gasteiger partial charge in [-0.2, -0.15) is 0 Å². The molecule has 1 aliphatic heterocycles. The number of Topliss-reactive ketones (excluding diaryl/α,β-unsaturated/α-hetero) is 1. The zero-order valence-electron chi connectivity index (χ0n) is 33.6. The van der Waals surface area contributed by atoms with Crippen molar-refractivity contribution in [2.24, 2.45) is 0 Å². The molecule has 0 aromatic heterocycles. The molecule has 314 valence electrons. The maximum absolute atomic E-state index is 12.7. The Bertz CT molecular complexity index is 978. The van der Waals surface area contributed by atoms with Gasteiger partial charge in [0, 0.05) is 58.5 Å². The van der Waals surface area contributed by atoms with Crippen molar-refractivity contribution in [3.8, 4) is 0 Å². The third kappa shape index (κ3) is 31.7. The summed E-state index contributed by atoms with van der Waals surface area (Å²) in [5.74, 6) is -0.717. The van der Waals surface area contributed by atoms with E-state index in [0.717, 1.165) is 32.1 Å². The molecule has 0 aromatic carbocycles. The average Bonchev–Trinajstić information content (AvgIpc) is 3.16. The molecule has 0 unspecified atom stereocenters. The number of carbonyl (C=O) groups is 5. The van der Waals surface area contributed by atoms with E-state index in [1.54, 1.807) is 6.92 Å². The molecule has 54 heavy (non-hydrogen) atoms. The minimum atomic E-state index is -0.683. The van der Waals surface area contributed by atoms with Crippen molar-refractivity contribution >= 4 is 29.5 Å². The van der Waals surface area contributed by atoms with Crippen LogP contribution >= 0.6 is 0 Å². The second-order valence-electron chi connectivity index (χ2n) is 14.1. The number of rotatable bonds is 38. The van der Waals surface area contributed by atoms with Gasteiger partial charge in [-0.1, -0.05) is 96.8 Å². The molecule has 0 aromatic rings. The Labute approximate surface area is 325 Å². The molecule has 1 aliphatic rings. The summed E-state index contributed by atoms with van der Waals surface area (Å²) in [6, 6.07) is 0. The van der Waals surface area contributed by atoms with Crippen LogP contribution in [0.15, 0.2) is 0 Å². The Morgan fingerprint density at radius 2 is 0.944 bits per heavy atom. The van der Waals surface area contributed by atoms with E-state index in [1.807, 2.05) is 4.90 Å². The largest absolute Gasteiger partial charge is 0.481 e. The maximum atomic E-state index is 12.7. The Kier molecular flexibility index (Phi) is 32.9. The van der Waals surface area contributed by atoms with Crippen LogP contribution < -0.4 is 10.6 Å². The van der Waals surface area contributed by atoms with Gasteiger partial charge in [0.15, 0.2) is 5.78 Å². The standard InChI is InChI=1S/C40H74N4O10/c1-2-36(45)34-53-31-29-52-28-22-42-38(47)35-54-32-30-51-27-21-41-37(46)33-43-23-25-44(26-24-43)39(48)19-17-15-13-11-9-7-5-3-4-6-8-10-12-14-16-18-20-40(49)50/h2-35H2,1H3,(H,41,46)(H,42,47)(H,49,50). The molecule has 14 heteroatoms. The van der Waals surface area contributed by atoms with Crippen LogP contribution in [0.5, 0.6) is 0 Å². The van der Waals surface area contributed by atoms with Crippen molar-refractivity contribution in [2.45, 2.75) is 129 Å². The quantitative estimate of drug-likeness (QED) is 0.0755. The number of hydrogen-bond acceptors (Lipinski definition) is 10. The molecule has 1 saturated heterocycles. The van der Waals surface area contributed by atoms with Gasteiger partial charge in [0.25, 0.3) is 0 Å². The zero-order chi connectivity index (χ0) is 39.3. The number of nitrogens with one attached hydrogen (secondary N) is 2. The lowest BCUT2D eigenvalue weighted by molar-refractivity contribution is -0.137. The molecule has 0 atom stereocenters. The van der Waals surface area contributed by atoms with Crippen molar-refractivity contribution < 1.29 is 48.0 Å². The summed E-state index contributed by atoms with van der Waals surface area (Å²) in [6.45, 7) is 7.53. The van der Waals surface area contributed by atoms with Gasteiger partial charge in [-0.15, -0.1) is 0 Å². The molecule has 1 fully saturated rings. The van der Waals surface area contributed by atoms with Crippen LogP contribution in [-0.2, 0) is 42.9 Å². The van der Waals surface area contributed by atoms with E-state index in [1.165, 1.54) is 70.6 Å². The van der Waals surface area contributed by atoms with Crippen molar-refractivity contribution in [2.75, 3.05) is 98.7 Å². The number of ketones is 1. The predicted octanol–water partition coefficient (Wildman–Crippen LogP) is 4.51. The molecular formula is C40H74N4O10. The number of hydrogen-bond donors (Lipinski definition) is 3. The van der Waals surface area contributed by atoms with E-state index < -0.39 is 5.97 Å². The topological polar surface area (TPSA) is 173 Å². The van der Waals surface area contributed by atoms with E-state index in [2.05, 4.69) is 15.5 Å². The number of nitrogens with zero attached hydrogens (tertiary/aromatic N) is 2. The maximum Gasteiger partial charge on any atom is 0.303 e. The van der Waals surface area contributed by atoms with E-state index >= 15 is 0 Å². The fraction of sp³-hybridized carbons (Fsp3) is 0.875. The van der Waals surface area contributed by atoms with Gasteiger partial charge in [0.05, 0.1) is 46.2 Å². The normalized spacial score (nSPS) is 13.2. The molecule has 1 heterocycles. The first-order valence-electron chi connectivity index (χ1n) is 20.9. The molecule has 0 bridgehead atoms. The summed E-state index contributed by atoms with van der Waals surface area (Å²) < 4.78 is 21.3. The smallest absolute Gasteiger partial charge is 0.303 e. The van der Waals surface area contributed by atoms with E-state index in [9.17, 15) is 24.0 Å². The van der Waals surface area contributed by atoms with Crippen molar-refractivity contribution in [3.05, 3.63) is 0 Å². The van der Waals surface area contributed by atoms with Crippen molar-refractivity contribution in [3.63, 3.8) is 0 Å². The second kappa shape index (κ2) is 36.0. The van der Waals surface area contributed by atoms with Crippen molar-refractivity contribution in [1.29, 1.82) is 0 Å². The highest BCUT2D eigenvalue weighted by Crippen LogP contribution is 2.15. The molecule has 0 saturated carbocycles. The zero-order valence-corrected chi connectivity index (χ0v) is 33.6. The number of piperazine rings is 1. The number of carbonyl (C=O) groups excluding carboxylic acids is 4. The Morgan fingerprint density at radius 3 is 1.43 bits per heavy atom. The highest BCUT2D eigenvalue weighted by atomic mass is 16.5. The number of unbranched alkanes of at least 4 members (excludes halogenated alkanes) is 15. The van der Waals surface area contributed by atoms with Gasteiger partial charge >= 0.3 is 5.97 Å². The van der Waals surface area contributed by atoms with Gasteiger partial charge < -0.3 is 39.6 Å². The molecule has 3 amide bonds. The van der Waals surface area contributed by atoms with Crippen LogP contribution in [0.25, 0.3) is 0 Å². The summed E-state index contributed by atoms with van der Waals surface area (Å²) in [4.78, 5) is 62.5. The number of amides is 3. The van der Waals surface area contributed by atoms with Crippen LogP contribution in [0.4, 0.5) is 0 Å².